The van der Waals surface area contributed by atoms with Gasteiger partial charge in [-0.25, -0.2) is 0 Å². The quantitative estimate of drug-likeness (QED) is 0.520. The first-order valence-corrected chi connectivity index (χ1v) is 12.1. The summed E-state index contributed by atoms with van der Waals surface area (Å²) in [6.45, 7) is 16.8. The minimum Gasteiger partial charge on any atom is -0.352 e. The number of hydrogen-bond acceptors (Lipinski definition) is 4. The fourth-order valence-electron chi connectivity index (χ4n) is 5.55. The highest BCUT2D eigenvalue weighted by Crippen LogP contribution is 2.56. The van der Waals surface area contributed by atoms with Gasteiger partial charge in [0.1, 0.15) is 0 Å². The molecule has 0 aromatic heterocycles. The second kappa shape index (κ2) is 8.07. The Balaban J connectivity index is 1.23. The number of rotatable bonds is 8. The second-order valence-corrected chi connectivity index (χ2v) is 12.1. The summed E-state index contributed by atoms with van der Waals surface area (Å²) in [5, 5.41) is 0. The highest BCUT2D eigenvalue weighted by atomic mass is 16.7. The first-order valence-electron chi connectivity index (χ1n) is 12.1. The Labute approximate surface area is 178 Å². The van der Waals surface area contributed by atoms with Crippen LogP contribution in [0, 0.1) is 39.9 Å². The summed E-state index contributed by atoms with van der Waals surface area (Å²) >= 11 is 0. The van der Waals surface area contributed by atoms with Crippen molar-refractivity contribution in [3.8, 4) is 0 Å². The van der Waals surface area contributed by atoms with Crippen LogP contribution in [0.25, 0.3) is 0 Å². The van der Waals surface area contributed by atoms with Crippen molar-refractivity contribution in [2.75, 3.05) is 26.4 Å². The zero-order chi connectivity index (χ0) is 20.9. The maximum absolute atomic E-state index is 6.26. The molecule has 1 spiro atoms. The molecule has 2 aliphatic carbocycles. The summed E-state index contributed by atoms with van der Waals surface area (Å²) in [5.41, 5.74) is 0.922. The largest absolute Gasteiger partial charge is 0.352 e. The van der Waals surface area contributed by atoms with Crippen LogP contribution in [-0.2, 0) is 18.9 Å². The lowest BCUT2D eigenvalue weighted by molar-refractivity contribution is -0.320. The van der Waals surface area contributed by atoms with E-state index in [4.69, 9.17) is 18.9 Å². The average Bonchev–Trinajstić information content (AvgIpc) is 3.52. The molecule has 2 aliphatic heterocycles. The molecule has 4 nitrogen and oxygen atoms in total. The monoisotopic (exact) mass is 408 g/mol. The Hall–Kier alpha value is -0.160. The Morgan fingerprint density at radius 3 is 1.21 bits per heavy atom. The van der Waals surface area contributed by atoms with Gasteiger partial charge in [0, 0.05) is 11.8 Å². The zero-order valence-corrected chi connectivity index (χ0v) is 19.7. The van der Waals surface area contributed by atoms with E-state index in [1.165, 1.54) is 25.7 Å². The van der Waals surface area contributed by atoms with E-state index in [1.807, 2.05) is 0 Å². The molecule has 0 aromatic carbocycles. The molecule has 4 fully saturated rings. The molecule has 2 saturated carbocycles. The van der Waals surface area contributed by atoms with E-state index in [0.717, 1.165) is 24.7 Å². The standard InChI is InChI=1S/C25H44O4/c1-7-17(9-19-11-23(19,3)4)21-26-13-25(14-27-21)15-28-22(29-16-25)18(8-2)10-20-12-24(20,5)6/h17-22H,7-16H2,1-6H3. The topological polar surface area (TPSA) is 36.9 Å². The summed E-state index contributed by atoms with van der Waals surface area (Å²) in [6, 6.07) is 0. The van der Waals surface area contributed by atoms with Gasteiger partial charge >= 0.3 is 0 Å². The van der Waals surface area contributed by atoms with Crippen molar-refractivity contribution in [2.45, 2.75) is 92.6 Å². The van der Waals surface area contributed by atoms with Crippen LogP contribution >= 0.6 is 0 Å². The molecule has 0 radical (unpaired) electrons. The highest BCUT2D eigenvalue weighted by Gasteiger charge is 2.50. The Morgan fingerprint density at radius 2 is 0.966 bits per heavy atom. The van der Waals surface area contributed by atoms with Gasteiger partial charge in [-0.3, -0.25) is 0 Å². The van der Waals surface area contributed by atoms with Gasteiger partial charge in [0.15, 0.2) is 12.6 Å². The van der Waals surface area contributed by atoms with Gasteiger partial charge in [0.05, 0.1) is 31.8 Å². The molecule has 4 aliphatic rings. The minimum absolute atomic E-state index is 0.0553. The summed E-state index contributed by atoms with van der Waals surface area (Å²) in [6.07, 6.45) is 7.28. The molecule has 29 heavy (non-hydrogen) atoms. The van der Waals surface area contributed by atoms with Gasteiger partial charge in [0.25, 0.3) is 0 Å². The Morgan fingerprint density at radius 1 is 0.655 bits per heavy atom. The average molecular weight is 409 g/mol. The molecule has 4 atom stereocenters. The van der Waals surface area contributed by atoms with Crippen LogP contribution < -0.4 is 0 Å². The van der Waals surface area contributed by atoms with Crippen molar-refractivity contribution in [3.05, 3.63) is 0 Å². The van der Waals surface area contributed by atoms with Gasteiger partial charge < -0.3 is 18.9 Å². The van der Waals surface area contributed by atoms with E-state index in [0.29, 0.717) is 49.1 Å². The first kappa shape index (κ1) is 22.0. The molecule has 0 amide bonds. The second-order valence-electron chi connectivity index (χ2n) is 12.1. The molecule has 2 saturated heterocycles. The SMILES string of the molecule is CCC(CC1CC1(C)C)C1OCC2(CO1)COC(C(CC)CC1CC1(C)C)OC2. The maximum Gasteiger partial charge on any atom is 0.160 e. The molecule has 168 valence electrons. The van der Waals surface area contributed by atoms with Gasteiger partial charge in [0.2, 0.25) is 0 Å². The molecule has 0 bridgehead atoms. The third-order valence-corrected chi connectivity index (χ3v) is 8.64. The lowest BCUT2D eigenvalue weighted by Gasteiger charge is -2.46. The van der Waals surface area contributed by atoms with E-state index in [1.54, 1.807) is 0 Å². The van der Waals surface area contributed by atoms with Crippen LogP contribution in [0.5, 0.6) is 0 Å². The van der Waals surface area contributed by atoms with Gasteiger partial charge in [-0.15, -0.1) is 0 Å². The lowest BCUT2D eigenvalue weighted by atomic mass is 9.88. The molecule has 4 unspecified atom stereocenters. The molecule has 2 heterocycles. The molecule has 0 aromatic rings. The Bertz CT molecular complexity index is 502. The molecular formula is C25H44O4. The maximum atomic E-state index is 6.26. The third kappa shape index (κ3) is 4.86. The summed E-state index contributed by atoms with van der Waals surface area (Å²) in [7, 11) is 0. The van der Waals surface area contributed by atoms with Crippen molar-refractivity contribution in [1.82, 2.24) is 0 Å². The minimum atomic E-state index is -0.124. The van der Waals surface area contributed by atoms with Crippen LogP contribution in [0.15, 0.2) is 0 Å². The van der Waals surface area contributed by atoms with Gasteiger partial charge in [-0.2, -0.15) is 0 Å². The van der Waals surface area contributed by atoms with E-state index in [9.17, 15) is 0 Å². The molecule has 4 rings (SSSR count). The molecule has 0 N–H and O–H groups in total. The van der Waals surface area contributed by atoms with Crippen LogP contribution in [-0.4, -0.2) is 39.0 Å². The van der Waals surface area contributed by atoms with E-state index < -0.39 is 0 Å². The van der Waals surface area contributed by atoms with Crippen molar-refractivity contribution < 1.29 is 18.9 Å². The Kier molecular flexibility index (Phi) is 6.14. The predicted octanol–water partition coefficient (Wildman–Crippen LogP) is 5.64. The smallest absolute Gasteiger partial charge is 0.160 e. The molecule has 4 heteroatoms. The first-order chi connectivity index (χ1) is 13.7. The van der Waals surface area contributed by atoms with Gasteiger partial charge in [-0.05, 0) is 61.2 Å². The van der Waals surface area contributed by atoms with E-state index in [2.05, 4.69) is 41.5 Å². The van der Waals surface area contributed by atoms with Gasteiger partial charge in [-0.1, -0.05) is 41.5 Å². The zero-order valence-electron chi connectivity index (χ0n) is 19.7. The van der Waals surface area contributed by atoms with Crippen LogP contribution in [0.4, 0.5) is 0 Å². The molecular weight excluding hydrogens is 364 g/mol. The fourth-order valence-corrected chi connectivity index (χ4v) is 5.55. The van der Waals surface area contributed by atoms with Crippen LogP contribution in [0.3, 0.4) is 0 Å². The number of hydrogen-bond donors (Lipinski definition) is 0. The van der Waals surface area contributed by atoms with Crippen LogP contribution in [0.2, 0.25) is 0 Å². The normalized spacial score (nSPS) is 42.4. The third-order valence-electron chi connectivity index (χ3n) is 8.64. The van der Waals surface area contributed by atoms with E-state index >= 15 is 0 Å². The predicted molar refractivity (Wildman–Crippen MR) is 114 cm³/mol. The van der Waals surface area contributed by atoms with Crippen molar-refractivity contribution >= 4 is 0 Å². The summed E-state index contributed by atoms with van der Waals surface area (Å²) in [5.74, 6) is 2.67. The summed E-state index contributed by atoms with van der Waals surface area (Å²) in [4.78, 5) is 0. The van der Waals surface area contributed by atoms with Crippen molar-refractivity contribution in [2.24, 2.45) is 39.9 Å². The van der Waals surface area contributed by atoms with E-state index in [-0.39, 0.29) is 18.0 Å². The highest BCUT2D eigenvalue weighted by molar-refractivity contribution is 4.97. The fraction of sp³-hybridized carbons (Fsp3) is 1.00. The van der Waals surface area contributed by atoms with Crippen molar-refractivity contribution in [3.63, 3.8) is 0 Å². The van der Waals surface area contributed by atoms with Crippen molar-refractivity contribution in [1.29, 1.82) is 0 Å². The lowest BCUT2D eigenvalue weighted by Crippen LogP contribution is -2.54. The number of ether oxygens (including phenoxy) is 4. The summed E-state index contributed by atoms with van der Waals surface area (Å²) < 4.78 is 25.1. The van der Waals surface area contributed by atoms with Crippen LogP contribution in [0.1, 0.15) is 80.1 Å².